The maximum absolute atomic E-state index is 13.5. The SMILES string of the molecule is CCCCC1CN(C[C@@H](C)CN2C(=O)COc3ccc(F)cc32)C1. The zero-order valence-electron chi connectivity index (χ0n) is 14.6. The number of carbonyl (C=O) groups excluding carboxylic acids is 1. The van der Waals surface area contributed by atoms with Gasteiger partial charge in [0.25, 0.3) is 5.91 Å². The molecule has 0 aromatic heterocycles. The van der Waals surface area contributed by atoms with E-state index in [4.69, 9.17) is 4.74 Å². The Hall–Kier alpha value is -1.62. The Morgan fingerprint density at radius 1 is 1.33 bits per heavy atom. The summed E-state index contributed by atoms with van der Waals surface area (Å²) in [4.78, 5) is 16.4. The number of carbonyl (C=O) groups is 1. The van der Waals surface area contributed by atoms with E-state index in [1.54, 1.807) is 11.0 Å². The van der Waals surface area contributed by atoms with E-state index in [9.17, 15) is 9.18 Å². The third-order valence-corrected chi connectivity index (χ3v) is 4.93. The molecule has 2 heterocycles. The lowest BCUT2D eigenvalue weighted by molar-refractivity contribution is -0.121. The first kappa shape index (κ1) is 17.2. The van der Waals surface area contributed by atoms with Crippen LogP contribution < -0.4 is 9.64 Å². The molecular formula is C19H27FN2O2. The molecule has 5 heteroatoms. The largest absolute Gasteiger partial charge is 0.482 e. The summed E-state index contributed by atoms with van der Waals surface area (Å²) in [5, 5.41) is 0. The van der Waals surface area contributed by atoms with Crippen molar-refractivity contribution in [3.05, 3.63) is 24.0 Å². The lowest BCUT2D eigenvalue weighted by Crippen LogP contribution is -2.50. The van der Waals surface area contributed by atoms with Crippen LogP contribution in [0.3, 0.4) is 0 Å². The molecule has 2 aliphatic rings. The maximum atomic E-state index is 13.5. The maximum Gasteiger partial charge on any atom is 0.265 e. The molecule has 1 aromatic rings. The number of rotatable bonds is 7. The molecule has 3 rings (SSSR count). The molecule has 1 fully saturated rings. The topological polar surface area (TPSA) is 32.8 Å². The Balaban J connectivity index is 1.54. The molecule has 4 nitrogen and oxygen atoms in total. The van der Waals surface area contributed by atoms with Crippen LogP contribution in [0.1, 0.15) is 33.1 Å². The van der Waals surface area contributed by atoms with Crippen LogP contribution in [0.4, 0.5) is 10.1 Å². The molecular weight excluding hydrogens is 307 g/mol. The predicted molar refractivity (Wildman–Crippen MR) is 92.9 cm³/mol. The van der Waals surface area contributed by atoms with E-state index >= 15 is 0 Å². The van der Waals surface area contributed by atoms with Crippen LogP contribution in [0.5, 0.6) is 5.75 Å². The van der Waals surface area contributed by atoms with Crippen molar-refractivity contribution < 1.29 is 13.9 Å². The quantitative estimate of drug-likeness (QED) is 0.767. The second-order valence-electron chi connectivity index (χ2n) is 7.24. The van der Waals surface area contributed by atoms with Gasteiger partial charge in [0.05, 0.1) is 5.69 Å². The standard InChI is InChI=1S/C19H27FN2O2/c1-3-4-5-15-11-21(12-15)9-14(2)10-22-17-8-16(20)6-7-18(17)24-13-19(22)23/h6-8,14-15H,3-5,9-13H2,1-2H3/t14-/m1/s1. The van der Waals surface area contributed by atoms with Gasteiger partial charge in [0.1, 0.15) is 11.6 Å². The van der Waals surface area contributed by atoms with Gasteiger partial charge in [-0.2, -0.15) is 0 Å². The number of amides is 1. The van der Waals surface area contributed by atoms with Crippen LogP contribution in [-0.2, 0) is 4.79 Å². The van der Waals surface area contributed by atoms with Crippen LogP contribution in [0, 0.1) is 17.7 Å². The third kappa shape index (κ3) is 3.89. The van der Waals surface area contributed by atoms with Crippen molar-refractivity contribution in [1.82, 2.24) is 4.90 Å². The minimum absolute atomic E-state index is 0.0359. The first-order chi connectivity index (χ1) is 11.6. The second-order valence-corrected chi connectivity index (χ2v) is 7.24. The van der Waals surface area contributed by atoms with Crippen LogP contribution in [0.25, 0.3) is 0 Å². The van der Waals surface area contributed by atoms with Crippen molar-refractivity contribution in [2.45, 2.75) is 33.1 Å². The van der Waals surface area contributed by atoms with Gasteiger partial charge in [0.15, 0.2) is 6.61 Å². The molecule has 24 heavy (non-hydrogen) atoms. The molecule has 2 aliphatic heterocycles. The molecule has 0 radical (unpaired) electrons. The summed E-state index contributed by atoms with van der Waals surface area (Å²) >= 11 is 0. The summed E-state index contributed by atoms with van der Waals surface area (Å²) in [6.07, 6.45) is 3.91. The average Bonchev–Trinajstić information content (AvgIpc) is 2.52. The fourth-order valence-corrected chi connectivity index (χ4v) is 3.69. The molecule has 0 spiro atoms. The van der Waals surface area contributed by atoms with Gasteiger partial charge in [0, 0.05) is 32.2 Å². The fraction of sp³-hybridized carbons (Fsp3) is 0.632. The van der Waals surface area contributed by atoms with E-state index in [0.29, 0.717) is 23.9 Å². The van der Waals surface area contributed by atoms with Crippen molar-refractivity contribution >= 4 is 11.6 Å². The summed E-state index contributed by atoms with van der Waals surface area (Å²) in [7, 11) is 0. The highest BCUT2D eigenvalue weighted by Gasteiger charge is 2.30. The van der Waals surface area contributed by atoms with Gasteiger partial charge < -0.3 is 14.5 Å². The number of hydrogen-bond donors (Lipinski definition) is 0. The minimum Gasteiger partial charge on any atom is -0.482 e. The summed E-state index contributed by atoms with van der Waals surface area (Å²) in [5.41, 5.74) is 0.558. The van der Waals surface area contributed by atoms with Crippen molar-refractivity contribution in [2.24, 2.45) is 11.8 Å². The van der Waals surface area contributed by atoms with Gasteiger partial charge in [-0.25, -0.2) is 4.39 Å². The van der Waals surface area contributed by atoms with E-state index < -0.39 is 0 Å². The molecule has 0 bridgehead atoms. The molecule has 1 atom stereocenters. The van der Waals surface area contributed by atoms with Crippen molar-refractivity contribution in [3.8, 4) is 5.75 Å². The molecule has 0 saturated carbocycles. The first-order valence-corrected chi connectivity index (χ1v) is 9.02. The number of benzene rings is 1. The van der Waals surface area contributed by atoms with Gasteiger partial charge in [-0.15, -0.1) is 0 Å². The lowest BCUT2D eigenvalue weighted by atomic mass is 9.93. The van der Waals surface area contributed by atoms with E-state index in [-0.39, 0.29) is 18.3 Å². The second kappa shape index (κ2) is 7.51. The monoisotopic (exact) mass is 334 g/mol. The zero-order chi connectivity index (χ0) is 17.1. The Morgan fingerprint density at radius 3 is 2.88 bits per heavy atom. The van der Waals surface area contributed by atoms with Crippen LogP contribution in [0.15, 0.2) is 18.2 Å². The highest BCUT2D eigenvalue weighted by molar-refractivity contribution is 5.97. The Morgan fingerprint density at radius 2 is 2.12 bits per heavy atom. The van der Waals surface area contributed by atoms with Gasteiger partial charge >= 0.3 is 0 Å². The molecule has 0 N–H and O–H groups in total. The minimum atomic E-state index is -0.341. The summed E-state index contributed by atoms with van der Waals surface area (Å²) in [6.45, 7) is 8.36. The van der Waals surface area contributed by atoms with E-state index in [1.165, 1.54) is 44.5 Å². The smallest absolute Gasteiger partial charge is 0.265 e. The highest BCUT2D eigenvalue weighted by atomic mass is 19.1. The van der Waals surface area contributed by atoms with Gasteiger partial charge in [-0.05, 0) is 30.4 Å². The molecule has 1 aromatic carbocycles. The van der Waals surface area contributed by atoms with E-state index in [0.717, 1.165) is 12.5 Å². The third-order valence-electron chi connectivity index (χ3n) is 4.93. The fourth-order valence-electron chi connectivity index (χ4n) is 3.69. The average molecular weight is 334 g/mol. The number of fused-ring (bicyclic) bond motifs is 1. The van der Waals surface area contributed by atoms with Crippen LogP contribution >= 0.6 is 0 Å². The first-order valence-electron chi connectivity index (χ1n) is 9.02. The summed E-state index contributed by atoms with van der Waals surface area (Å²) in [5.74, 6) is 1.34. The van der Waals surface area contributed by atoms with Crippen molar-refractivity contribution in [1.29, 1.82) is 0 Å². The van der Waals surface area contributed by atoms with Crippen molar-refractivity contribution in [3.63, 3.8) is 0 Å². The van der Waals surface area contributed by atoms with Gasteiger partial charge in [-0.1, -0.05) is 26.7 Å². The number of ether oxygens (including phenoxy) is 1. The molecule has 1 saturated heterocycles. The number of anilines is 1. The van der Waals surface area contributed by atoms with E-state index in [2.05, 4.69) is 18.7 Å². The molecule has 1 amide bonds. The summed E-state index contributed by atoms with van der Waals surface area (Å²) < 4.78 is 18.9. The van der Waals surface area contributed by atoms with Gasteiger partial charge in [-0.3, -0.25) is 4.79 Å². The molecule has 132 valence electrons. The number of hydrogen-bond acceptors (Lipinski definition) is 3. The van der Waals surface area contributed by atoms with Crippen molar-refractivity contribution in [2.75, 3.05) is 37.7 Å². The molecule has 0 aliphatic carbocycles. The normalized spacial score (nSPS) is 19.6. The zero-order valence-corrected chi connectivity index (χ0v) is 14.6. The number of halogens is 1. The van der Waals surface area contributed by atoms with Crippen LogP contribution in [-0.4, -0.2) is 43.6 Å². The Labute approximate surface area is 143 Å². The van der Waals surface area contributed by atoms with Gasteiger partial charge in [0.2, 0.25) is 0 Å². The number of nitrogens with zero attached hydrogens (tertiary/aromatic N) is 2. The Bertz CT molecular complexity index is 587. The lowest BCUT2D eigenvalue weighted by Gasteiger charge is -2.41. The molecule has 0 unspecified atom stereocenters. The van der Waals surface area contributed by atoms with E-state index in [1.807, 2.05) is 0 Å². The van der Waals surface area contributed by atoms with Crippen LogP contribution in [0.2, 0.25) is 0 Å². The predicted octanol–water partition coefficient (Wildman–Crippen LogP) is 3.31. The Kier molecular flexibility index (Phi) is 5.39. The highest BCUT2D eigenvalue weighted by Crippen LogP contribution is 2.33. The number of likely N-dealkylation sites (tertiary alicyclic amines) is 1. The summed E-state index contributed by atoms with van der Waals surface area (Å²) in [6, 6.07) is 4.36. The number of unbranched alkanes of at least 4 members (excludes halogenated alkanes) is 1.